The van der Waals surface area contributed by atoms with Crippen LogP contribution in [0, 0.1) is 5.82 Å². The highest BCUT2D eigenvalue weighted by atomic mass is 19.1. The van der Waals surface area contributed by atoms with Gasteiger partial charge in [0.15, 0.2) is 5.65 Å². The first-order valence-corrected chi connectivity index (χ1v) is 10.00. The number of halogens is 1. The third-order valence-corrected chi connectivity index (χ3v) is 5.44. The molecule has 3 heterocycles. The van der Waals surface area contributed by atoms with Crippen LogP contribution in [0.4, 0.5) is 15.9 Å². The van der Waals surface area contributed by atoms with Gasteiger partial charge in [-0.05, 0) is 49.2 Å². The molecule has 9 heteroatoms. The third-order valence-electron chi connectivity index (χ3n) is 5.44. The number of imidazole rings is 1. The van der Waals surface area contributed by atoms with E-state index in [1.54, 1.807) is 19.4 Å². The van der Waals surface area contributed by atoms with E-state index in [1.165, 1.54) is 12.1 Å². The molecule has 1 aliphatic rings. The van der Waals surface area contributed by atoms with Crippen molar-refractivity contribution >= 4 is 33.6 Å². The molecule has 154 valence electrons. The monoisotopic (exact) mass is 415 g/mol. The molecule has 0 amide bonds. The van der Waals surface area contributed by atoms with Gasteiger partial charge in [-0.15, -0.1) is 0 Å². The van der Waals surface area contributed by atoms with Gasteiger partial charge in [0.25, 0.3) is 0 Å². The topological polar surface area (TPSA) is 93.5 Å². The fourth-order valence-corrected chi connectivity index (χ4v) is 3.72. The molecule has 2 N–H and O–H groups in total. The van der Waals surface area contributed by atoms with Gasteiger partial charge in [0.05, 0.1) is 29.7 Å². The van der Waals surface area contributed by atoms with Crippen LogP contribution in [-0.4, -0.2) is 36.8 Å². The molecule has 5 aromatic rings. The zero-order valence-corrected chi connectivity index (χ0v) is 16.6. The Hall–Kier alpha value is -4.01. The number of aromatic amines is 1. The summed E-state index contributed by atoms with van der Waals surface area (Å²) in [7, 11) is 1.63. The van der Waals surface area contributed by atoms with Crippen LogP contribution in [0.25, 0.3) is 28.0 Å². The number of anilines is 2. The molecule has 0 bridgehead atoms. The van der Waals surface area contributed by atoms with E-state index >= 15 is 0 Å². The molecule has 0 aliphatic heterocycles. The molecule has 0 spiro atoms. The van der Waals surface area contributed by atoms with Crippen LogP contribution in [0.2, 0.25) is 0 Å². The maximum Gasteiger partial charge on any atom is 0.239 e. The summed E-state index contributed by atoms with van der Waals surface area (Å²) >= 11 is 0. The lowest BCUT2D eigenvalue weighted by molar-refractivity contribution is 0.415. The lowest BCUT2D eigenvalue weighted by Crippen LogP contribution is -2.07. The molecule has 0 saturated heterocycles. The number of nitrogens with one attached hydrogen (secondary N) is 2. The maximum absolute atomic E-state index is 14.1. The van der Waals surface area contributed by atoms with E-state index in [-0.39, 0.29) is 5.82 Å². The quantitative estimate of drug-likeness (QED) is 0.440. The van der Waals surface area contributed by atoms with Gasteiger partial charge < -0.3 is 10.1 Å². The maximum atomic E-state index is 14.1. The van der Waals surface area contributed by atoms with Crippen molar-refractivity contribution in [3.05, 3.63) is 60.3 Å². The van der Waals surface area contributed by atoms with Crippen LogP contribution in [0.3, 0.4) is 0 Å². The second kappa shape index (κ2) is 6.76. The molecule has 31 heavy (non-hydrogen) atoms. The van der Waals surface area contributed by atoms with E-state index in [2.05, 4.69) is 20.5 Å². The van der Waals surface area contributed by atoms with Crippen LogP contribution >= 0.6 is 0 Å². The summed E-state index contributed by atoms with van der Waals surface area (Å²) in [5.74, 6) is 2.64. The molecule has 0 radical (unpaired) electrons. The van der Waals surface area contributed by atoms with Crippen LogP contribution in [0.5, 0.6) is 5.75 Å². The number of ether oxygens (including phenoxy) is 1. The SMILES string of the molecule is COc1ccc(Nc2nc(-n3c(C4CC4)nc4ccc(F)cc43)nc3[nH]ncc23)cc1. The number of rotatable bonds is 5. The second-order valence-electron chi connectivity index (χ2n) is 7.57. The molecule has 2 aromatic carbocycles. The van der Waals surface area contributed by atoms with Crippen molar-refractivity contribution < 1.29 is 9.13 Å². The number of fused-ring (bicyclic) bond motifs is 2. The highest BCUT2D eigenvalue weighted by molar-refractivity contribution is 5.89. The van der Waals surface area contributed by atoms with Crippen molar-refractivity contribution in [2.75, 3.05) is 12.4 Å². The first-order chi connectivity index (χ1) is 15.2. The van der Waals surface area contributed by atoms with Crippen LogP contribution in [-0.2, 0) is 0 Å². The Labute approximate surface area is 176 Å². The van der Waals surface area contributed by atoms with Crippen LogP contribution < -0.4 is 10.1 Å². The molecule has 1 saturated carbocycles. The number of nitrogens with zero attached hydrogens (tertiary/aromatic N) is 5. The van der Waals surface area contributed by atoms with Gasteiger partial charge in [0, 0.05) is 17.7 Å². The molecule has 1 fully saturated rings. The minimum Gasteiger partial charge on any atom is -0.497 e. The minimum absolute atomic E-state index is 0.324. The third kappa shape index (κ3) is 3.05. The largest absolute Gasteiger partial charge is 0.497 e. The summed E-state index contributed by atoms with van der Waals surface area (Å²) in [6.07, 6.45) is 3.78. The number of hydrogen-bond acceptors (Lipinski definition) is 6. The zero-order chi connectivity index (χ0) is 20.9. The van der Waals surface area contributed by atoms with E-state index in [0.717, 1.165) is 41.0 Å². The first-order valence-electron chi connectivity index (χ1n) is 10.00. The number of H-pyrrole nitrogens is 1. The minimum atomic E-state index is -0.324. The normalized spacial score (nSPS) is 13.7. The summed E-state index contributed by atoms with van der Waals surface area (Å²) in [4.78, 5) is 14.2. The Kier molecular flexibility index (Phi) is 3.89. The van der Waals surface area contributed by atoms with Crippen molar-refractivity contribution in [1.29, 1.82) is 0 Å². The van der Waals surface area contributed by atoms with Gasteiger partial charge in [0.1, 0.15) is 23.2 Å². The average molecular weight is 415 g/mol. The molecule has 3 aromatic heterocycles. The lowest BCUT2D eigenvalue weighted by Gasteiger charge is -2.11. The van der Waals surface area contributed by atoms with E-state index in [9.17, 15) is 4.39 Å². The summed E-state index contributed by atoms with van der Waals surface area (Å²) in [5.41, 5.74) is 2.80. The Bertz CT molecular complexity index is 1420. The van der Waals surface area contributed by atoms with Crippen molar-refractivity contribution in [2.24, 2.45) is 0 Å². The number of hydrogen-bond donors (Lipinski definition) is 2. The smallest absolute Gasteiger partial charge is 0.239 e. The molecule has 6 rings (SSSR count). The van der Waals surface area contributed by atoms with E-state index in [4.69, 9.17) is 14.7 Å². The average Bonchev–Trinajstić information content (AvgIpc) is 3.40. The highest BCUT2D eigenvalue weighted by Crippen LogP contribution is 2.41. The van der Waals surface area contributed by atoms with Gasteiger partial charge in [-0.1, -0.05) is 0 Å². The van der Waals surface area contributed by atoms with Crippen molar-refractivity contribution in [2.45, 2.75) is 18.8 Å². The summed E-state index contributed by atoms with van der Waals surface area (Å²) in [6.45, 7) is 0. The van der Waals surface area contributed by atoms with Crippen LogP contribution in [0.15, 0.2) is 48.7 Å². The van der Waals surface area contributed by atoms with E-state index in [1.807, 2.05) is 28.8 Å². The Morgan fingerprint density at radius 3 is 2.71 bits per heavy atom. The molecule has 1 aliphatic carbocycles. The predicted molar refractivity (Wildman–Crippen MR) is 115 cm³/mol. The van der Waals surface area contributed by atoms with Gasteiger partial charge in [-0.25, -0.2) is 9.37 Å². The van der Waals surface area contributed by atoms with Gasteiger partial charge in [-0.3, -0.25) is 9.67 Å². The number of benzene rings is 2. The van der Waals surface area contributed by atoms with Crippen molar-refractivity contribution in [1.82, 2.24) is 29.7 Å². The fraction of sp³-hybridized carbons (Fsp3) is 0.182. The zero-order valence-electron chi connectivity index (χ0n) is 16.6. The number of methoxy groups -OCH3 is 1. The molecule has 0 atom stereocenters. The Morgan fingerprint density at radius 2 is 1.94 bits per heavy atom. The first kappa shape index (κ1) is 17.8. The highest BCUT2D eigenvalue weighted by Gasteiger charge is 2.31. The molecule has 8 nitrogen and oxygen atoms in total. The predicted octanol–water partition coefficient (Wildman–Crippen LogP) is 4.46. The summed E-state index contributed by atoms with van der Waals surface area (Å²) in [6, 6.07) is 12.1. The van der Waals surface area contributed by atoms with E-state index < -0.39 is 0 Å². The Balaban J connectivity index is 1.53. The van der Waals surface area contributed by atoms with E-state index in [0.29, 0.717) is 28.8 Å². The second-order valence-corrected chi connectivity index (χ2v) is 7.57. The van der Waals surface area contributed by atoms with Crippen LogP contribution in [0.1, 0.15) is 24.6 Å². The van der Waals surface area contributed by atoms with Crippen molar-refractivity contribution in [3.63, 3.8) is 0 Å². The molecule has 0 unspecified atom stereocenters. The number of aromatic nitrogens is 6. The van der Waals surface area contributed by atoms with Gasteiger partial charge >= 0.3 is 0 Å². The van der Waals surface area contributed by atoms with Gasteiger partial charge in [0.2, 0.25) is 5.95 Å². The summed E-state index contributed by atoms with van der Waals surface area (Å²) in [5, 5.41) is 11.1. The Morgan fingerprint density at radius 1 is 1.10 bits per heavy atom. The lowest BCUT2D eigenvalue weighted by atomic mass is 10.3. The summed E-state index contributed by atoms with van der Waals surface area (Å²) < 4.78 is 21.2. The molecular formula is C22H18FN7O. The standard InChI is InChI=1S/C22H18FN7O/c1-31-15-7-5-14(6-8-15)25-19-16-11-24-29-20(16)28-22(27-19)30-18-10-13(23)4-9-17(18)26-21(30)12-2-3-12/h4-12H,2-3H2,1H3,(H2,24,25,27,28,29). The van der Waals surface area contributed by atoms with Crippen molar-refractivity contribution in [3.8, 4) is 11.7 Å². The fourth-order valence-electron chi connectivity index (χ4n) is 3.72. The molecular weight excluding hydrogens is 397 g/mol. The van der Waals surface area contributed by atoms with Gasteiger partial charge in [-0.2, -0.15) is 15.1 Å².